The summed E-state index contributed by atoms with van der Waals surface area (Å²) in [7, 11) is 0. The van der Waals surface area contributed by atoms with Gasteiger partial charge in [0.25, 0.3) is 0 Å². The van der Waals surface area contributed by atoms with E-state index in [9.17, 15) is 0 Å². The molecule has 1 aromatic heterocycles. The number of nitrogens with one attached hydrogen (secondary N) is 1. The van der Waals surface area contributed by atoms with E-state index in [4.69, 9.17) is 9.84 Å². The highest BCUT2D eigenvalue weighted by molar-refractivity contribution is 5.39. The van der Waals surface area contributed by atoms with Crippen LogP contribution in [0.15, 0.2) is 6.07 Å². The van der Waals surface area contributed by atoms with Crippen molar-refractivity contribution < 1.29 is 9.84 Å². The first-order valence-corrected chi connectivity index (χ1v) is 6.42. The predicted octanol–water partition coefficient (Wildman–Crippen LogP) is 2.00. The first-order chi connectivity index (χ1) is 8.56. The largest absolute Gasteiger partial charge is 0.478 e. The second-order valence-corrected chi connectivity index (χ2v) is 4.58. The minimum absolute atomic E-state index is 0.165. The summed E-state index contributed by atoms with van der Waals surface area (Å²) < 4.78 is 5.39. The number of rotatable bonds is 7. The van der Waals surface area contributed by atoms with Crippen LogP contribution >= 0.6 is 0 Å². The number of aryl methyl sites for hydroxylation is 1. The second-order valence-electron chi connectivity index (χ2n) is 4.58. The fraction of sp³-hybridized carbons (Fsp3) is 0.692. The van der Waals surface area contributed by atoms with Crippen molar-refractivity contribution in [1.82, 2.24) is 9.97 Å². The molecule has 1 rings (SSSR count). The van der Waals surface area contributed by atoms with Gasteiger partial charge in [0.05, 0.1) is 6.61 Å². The van der Waals surface area contributed by atoms with Gasteiger partial charge in [-0.2, -0.15) is 4.98 Å². The Morgan fingerprint density at radius 1 is 1.39 bits per heavy atom. The van der Waals surface area contributed by atoms with Crippen LogP contribution in [0, 0.1) is 12.8 Å². The van der Waals surface area contributed by atoms with Gasteiger partial charge in [-0.3, -0.25) is 0 Å². The summed E-state index contributed by atoms with van der Waals surface area (Å²) in [6.45, 7) is 8.74. The molecule has 0 saturated carbocycles. The number of hydrogen-bond acceptors (Lipinski definition) is 5. The lowest BCUT2D eigenvalue weighted by atomic mass is 10.0. The normalized spacial score (nSPS) is 12.6. The molecule has 0 amide bonds. The summed E-state index contributed by atoms with van der Waals surface area (Å²) in [5, 5.41) is 12.4. The Morgan fingerprint density at radius 3 is 2.67 bits per heavy atom. The van der Waals surface area contributed by atoms with E-state index in [1.165, 1.54) is 0 Å². The molecule has 0 radical (unpaired) electrons. The quantitative estimate of drug-likeness (QED) is 0.778. The number of nitrogens with zero attached hydrogens (tertiary/aromatic N) is 2. The van der Waals surface area contributed by atoms with Crippen molar-refractivity contribution in [3.8, 4) is 5.88 Å². The molecule has 0 bridgehead atoms. The van der Waals surface area contributed by atoms with E-state index in [1.54, 1.807) is 6.07 Å². The third-order valence-electron chi connectivity index (χ3n) is 2.68. The van der Waals surface area contributed by atoms with E-state index in [0.717, 1.165) is 5.82 Å². The van der Waals surface area contributed by atoms with Gasteiger partial charge in [0, 0.05) is 18.7 Å². The molecule has 0 aliphatic carbocycles. The van der Waals surface area contributed by atoms with E-state index in [1.807, 2.05) is 13.8 Å². The fourth-order valence-corrected chi connectivity index (χ4v) is 1.74. The SMILES string of the molecule is CCOc1cc(NC(CCO)C(C)C)nc(C)n1. The van der Waals surface area contributed by atoms with Gasteiger partial charge < -0.3 is 15.2 Å². The van der Waals surface area contributed by atoms with E-state index in [-0.39, 0.29) is 12.6 Å². The molecule has 1 heterocycles. The van der Waals surface area contributed by atoms with Crippen LogP contribution in [0.5, 0.6) is 5.88 Å². The van der Waals surface area contributed by atoms with Crippen LogP contribution in [0.4, 0.5) is 5.82 Å². The molecule has 102 valence electrons. The number of aliphatic hydroxyl groups is 1. The van der Waals surface area contributed by atoms with Crippen molar-refractivity contribution in [2.45, 2.75) is 40.2 Å². The van der Waals surface area contributed by atoms with Gasteiger partial charge in [-0.05, 0) is 26.2 Å². The molecule has 0 saturated heterocycles. The summed E-state index contributed by atoms with van der Waals surface area (Å²) in [6.07, 6.45) is 0.699. The number of hydrogen-bond donors (Lipinski definition) is 2. The second kappa shape index (κ2) is 7.16. The zero-order valence-electron chi connectivity index (χ0n) is 11.6. The van der Waals surface area contributed by atoms with Crippen molar-refractivity contribution in [3.63, 3.8) is 0 Å². The van der Waals surface area contributed by atoms with E-state index in [2.05, 4.69) is 29.1 Å². The average Bonchev–Trinajstić information content (AvgIpc) is 2.28. The average molecular weight is 253 g/mol. The molecule has 1 unspecified atom stereocenters. The molecular formula is C13H23N3O2. The Morgan fingerprint density at radius 2 is 2.11 bits per heavy atom. The molecule has 0 spiro atoms. The van der Waals surface area contributed by atoms with Gasteiger partial charge in [0.1, 0.15) is 11.6 Å². The van der Waals surface area contributed by atoms with Crippen LogP contribution in [0.25, 0.3) is 0 Å². The van der Waals surface area contributed by atoms with Gasteiger partial charge in [-0.25, -0.2) is 4.98 Å². The Hall–Kier alpha value is -1.36. The molecule has 5 nitrogen and oxygen atoms in total. The maximum absolute atomic E-state index is 9.06. The Kier molecular flexibility index (Phi) is 5.85. The van der Waals surface area contributed by atoms with Crippen LogP contribution in [0.1, 0.15) is 33.0 Å². The Bertz CT molecular complexity index is 369. The van der Waals surface area contributed by atoms with E-state index >= 15 is 0 Å². The van der Waals surface area contributed by atoms with Crippen LogP contribution in [-0.4, -0.2) is 34.3 Å². The highest BCUT2D eigenvalue weighted by Crippen LogP contribution is 2.17. The number of aromatic nitrogens is 2. The molecule has 0 aliphatic heterocycles. The van der Waals surface area contributed by atoms with Gasteiger partial charge in [0.2, 0.25) is 5.88 Å². The van der Waals surface area contributed by atoms with Gasteiger partial charge in [-0.1, -0.05) is 13.8 Å². The standard InChI is InChI=1S/C13H23N3O2/c1-5-18-13-8-12(14-10(4)15-13)16-11(6-7-17)9(2)3/h8-9,11,17H,5-7H2,1-4H3,(H,14,15,16). The molecule has 18 heavy (non-hydrogen) atoms. The first kappa shape index (κ1) is 14.7. The van der Waals surface area contributed by atoms with Crippen LogP contribution in [0.2, 0.25) is 0 Å². The summed E-state index contributed by atoms with van der Waals surface area (Å²) >= 11 is 0. The molecule has 2 N–H and O–H groups in total. The Balaban J connectivity index is 2.81. The van der Waals surface area contributed by atoms with Gasteiger partial charge >= 0.3 is 0 Å². The summed E-state index contributed by atoms with van der Waals surface area (Å²) in [5.74, 6) is 2.43. The lowest BCUT2D eigenvalue weighted by molar-refractivity contribution is 0.267. The van der Waals surface area contributed by atoms with E-state index < -0.39 is 0 Å². The van der Waals surface area contributed by atoms with Crippen LogP contribution in [0.3, 0.4) is 0 Å². The third kappa shape index (κ3) is 4.49. The maximum Gasteiger partial charge on any atom is 0.218 e. The molecule has 0 fully saturated rings. The van der Waals surface area contributed by atoms with Gasteiger partial charge in [-0.15, -0.1) is 0 Å². The topological polar surface area (TPSA) is 67.3 Å². The van der Waals surface area contributed by atoms with Crippen molar-refractivity contribution in [3.05, 3.63) is 11.9 Å². The molecular weight excluding hydrogens is 230 g/mol. The predicted molar refractivity (Wildman–Crippen MR) is 71.9 cm³/mol. The van der Waals surface area contributed by atoms with Gasteiger partial charge in [0.15, 0.2) is 0 Å². The molecule has 1 aromatic rings. The zero-order valence-corrected chi connectivity index (χ0v) is 11.6. The van der Waals surface area contributed by atoms with Crippen molar-refractivity contribution in [2.75, 3.05) is 18.5 Å². The minimum atomic E-state index is 0.165. The highest BCUT2D eigenvalue weighted by atomic mass is 16.5. The minimum Gasteiger partial charge on any atom is -0.478 e. The van der Waals surface area contributed by atoms with Crippen molar-refractivity contribution in [1.29, 1.82) is 0 Å². The summed E-state index contributed by atoms with van der Waals surface area (Å²) in [5.41, 5.74) is 0. The van der Waals surface area contributed by atoms with Crippen LogP contribution < -0.4 is 10.1 Å². The smallest absolute Gasteiger partial charge is 0.218 e. The number of aliphatic hydroxyl groups excluding tert-OH is 1. The third-order valence-corrected chi connectivity index (χ3v) is 2.68. The molecule has 1 atom stereocenters. The molecule has 0 aromatic carbocycles. The number of anilines is 1. The van der Waals surface area contributed by atoms with E-state index in [0.29, 0.717) is 30.7 Å². The van der Waals surface area contributed by atoms with Crippen molar-refractivity contribution in [2.24, 2.45) is 5.92 Å². The summed E-state index contributed by atoms with van der Waals surface area (Å²) in [6, 6.07) is 1.99. The maximum atomic E-state index is 9.06. The first-order valence-electron chi connectivity index (χ1n) is 6.42. The summed E-state index contributed by atoms with van der Waals surface area (Å²) in [4.78, 5) is 8.54. The number of ether oxygens (including phenoxy) is 1. The zero-order chi connectivity index (χ0) is 13.5. The lowest BCUT2D eigenvalue weighted by Gasteiger charge is -2.22. The van der Waals surface area contributed by atoms with Crippen LogP contribution in [-0.2, 0) is 0 Å². The molecule has 5 heteroatoms. The monoisotopic (exact) mass is 253 g/mol. The lowest BCUT2D eigenvalue weighted by Crippen LogP contribution is -2.27. The molecule has 0 aliphatic rings. The fourth-order valence-electron chi connectivity index (χ4n) is 1.74. The van der Waals surface area contributed by atoms with Crippen molar-refractivity contribution >= 4 is 5.82 Å². The highest BCUT2D eigenvalue weighted by Gasteiger charge is 2.14. The Labute approximate surface area is 109 Å².